The van der Waals surface area contributed by atoms with Crippen molar-refractivity contribution in [2.75, 3.05) is 39.6 Å². The number of nitrogens with two attached hydrogens (primary N) is 1. The summed E-state index contributed by atoms with van der Waals surface area (Å²) >= 11 is 6.07. The lowest BCUT2D eigenvalue weighted by Gasteiger charge is -2.38. The number of nitrogen functional groups attached to an aromatic ring is 1. The molecule has 4 N–H and O–H groups in total. The number of hydrogen-bond donors (Lipinski definition) is 3. The molecule has 1 saturated heterocycles. The summed E-state index contributed by atoms with van der Waals surface area (Å²) in [7, 11) is 3.12. The van der Waals surface area contributed by atoms with Crippen LogP contribution in [0.15, 0.2) is 12.1 Å². The standard InChI is InChI=1S/C20H30ClN3O5/c1-28-17-11-15(22)14(21)10-13(17)20(27)23-16-7-9-24(12-18(16)29-2)8-5-3-4-6-19(25)26/h10-11,16,18H,3-9,12,22H2,1-2H3,(H,23,27)(H,25,26)/t16-,18-/m1/s1. The quantitative estimate of drug-likeness (QED) is 0.388. The number of rotatable bonds is 10. The zero-order valence-electron chi connectivity index (χ0n) is 16.9. The summed E-state index contributed by atoms with van der Waals surface area (Å²) in [6.07, 6.45) is 3.36. The molecule has 1 fully saturated rings. The Morgan fingerprint density at radius 3 is 2.72 bits per heavy atom. The number of hydrogen-bond acceptors (Lipinski definition) is 6. The Morgan fingerprint density at radius 1 is 1.31 bits per heavy atom. The molecule has 0 spiro atoms. The fourth-order valence-electron chi connectivity index (χ4n) is 3.54. The van der Waals surface area contributed by atoms with Gasteiger partial charge in [-0.05, 0) is 31.9 Å². The number of carbonyl (C=O) groups excluding carboxylic acids is 1. The van der Waals surface area contributed by atoms with Crippen molar-refractivity contribution in [1.29, 1.82) is 0 Å². The number of ether oxygens (including phenoxy) is 2. The molecule has 162 valence electrons. The van der Waals surface area contributed by atoms with Crippen LogP contribution in [0.25, 0.3) is 0 Å². The van der Waals surface area contributed by atoms with Crippen molar-refractivity contribution in [2.45, 2.75) is 44.2 Å². The van der Waals surface area contributed by atoms with Gasteiger partial charge in [0.2, 0.25) is 0 Å². The van der Waals surface area contributed by atoms with Crippen LogP contribution in [0, 0.1) is 0 Å². The number of amides is 1. The van der Waals surface area contributed by atoms with Crippen molar-refractivity contribution >= 4 is 29.2 Å². The summed E-state index contributed by atoms with van der Waals surface area (Å²) in [5, 5.41) is 12.0. The molecule has 2 atom stereocenters. The second kappa shape index (κ2) is 11.2. The monoisotopic (exact) mass is 427 g/mol. The highest BCUT2D eigenvalue weighted by molar-refractivity contribution is 6.33. The van der Waals surface area contributed by atoms with Crippen molar-refractivity contribution in [3.63, 3.8) is 0 Å². The Hall–Kier alpha value is -2.03. The van der Waals surface area contributed by atoms with E-state index in [1.165, 1.54) is 19.2 Å². The Bertz CT molecular complexity index is 716. The molecule has 1 aliphatic heterocycles. The Balaban J connectivity index is 1.90. The van der Waals surface area contributed by atoms with Gasteiger partial charge in [-0.2, -0.15) is 0 Å². The number of aliphatic carboxylic acids is 1. The smallest absolute Gasteiger partial charge is 0.303 e. The van der Waals surface area contributed by atoms with Gasteiger partial charge in [-0.1, -0.05) is 18.0 Å². The molecule has 2 rings (SSSR count). The normalized spacial score (nSPS) is 19.7. The van der Waals surface area contributed by atoms with Gasteiger partial charge in [0.15, 0.2) is 0 Å². The summed E-state index contributed by atoms with van der Waals surface area (Å²) < 4.78 is 10.9. The number of carbonyl (C=O) groups is 2. The van der Waals surface area contributed by atoms with Crippen LogP contribution in [-0.4, -0.2) is 67.9 Å². The van der Waals surface area contributed by atoms with E-state index < -0.39 is 5.97 Å². The minimum absolute atomic E-state index is 0.128. The van der Waals surface area contributed by atoms with Crippen LogP contribution in [-0.2, 0) is 9.53 Å². The van der Waals surface area contributed by atoms with Gasteiger partial charge in [0.05, 0.1) is 35.5 Å². The lowest BCUT2D eigenvalue weighted by atomic mass is 10.00. The maximum Gasteiger partial charge on any atom is 0.303 e. The first-order valence-corrected chi connectivity index (χ1v) is 10.1. The number of carboxylic acid groups (broad SMARTS) is 1. The van der Waals surface area contributed by atoms with Crippen LogP contribution in [0.5, 0.6) is 5.75 Å². The molecular weight excluding hydrogens is 398 g/mol. The van der Waals surface area contributed by atoms with E-state index in [2.05, 4.69) is 10.2 Å². The van der Waals surface area contributed by atoms with Gasteiger partial charge in [-0.25, -0.2) is 0 Å². The van der Waals surface area contributed by atoms with E-state index in [-0.39, 0.29) is 24.5 Å². The fraction of sp³-hybridized carbons (Fsp3) is 0.600. The molecule has 9 heteroatoms. The first-order valence-electron chi connectivity index (χ1n) is 9.76. The number of nitrogens with one attached hydrogen (secondary N) is 1. The van der Waals surface area contributed by atoms with E-state index in [0.29, 0.717) is 35.0 Å². The minimum atomic E-state index is -0.750. The van der Waals surface area contributed by atoms with Crippen molar-refractivity contribution in [3.8, 4) is 5.75 Å². The fourth-order valence-corrected chi connectivity index (χ4v) is 3.70. The highest BCUT2D eigenvalue weighted by Gasteiger charge is 2.31. The molecule has 0 aliphatic carbocycles. The molecule has 29 heavy (non-hydrogen) atoms. The van der Waals surface area contributed by atoms with Crippen LogP contribution in [0.2, 0.25) is 5.02 Å². The van der Waals surface area contributed by atoms with Gasteiger partial charge in [0.25, 0.3) is 5.91 Å². The first kappa shape index (κ1) is 23.3. The first-order chi connectivity index (χ1) is 13.8. The second-order valence-corrected chi connectivity index (χ2v) is 7.63. The van der Waals surface area contributed by atoms with E-state index in [9.17, 15) is 9.59 Å². The van der Waals surface area contributed by atoms with Crippen LogP contribution in [0.3, 0.4) is 0 Å². The number of methoxy groups -OCH3 is 2. The van der Waals surface area contributed by atoms with Crippen molar-refractivity contribution < 1.29 is 24.2 Å². The number of benzene rings is 1. The summed E-state index contributed by atoms with van der Waals surface area (Å²) in [5.41, 5.74) is 6.47. The molecule has 1 aromatic rings. The van der Waals surface area contributed by atoms with E-state index >= 15 is 0 Å². The van der Waals surface area contributed by atoms with Gasteiger partial charge in [0.1, 0.15) is 5.75 Å². The average Bonchev–Trinajstić information content (AvgIpc) is 2.69. The molecule has 1 aliphatic rings. The largest absolute Gasteiger partial charge is 0.496 e. The number of likely N-dealkylation sites (tertiary alicyclic amines) is 1. The summed E-state index contributed by atoms with van der Waals surface area (Å²) in [6.45, 7) is 2.44. The van der Waals surface area contributed by atoms with Crippen LogP contribution in [0.4, 0.5) is 5.69 Å². The predicted octanol–water partition coefficient (Wildman–Crippen LogP) is 2.39. The Morgan fingerprint density at radius 2 is 2.07 bits per heavy atom. The predicted molar refractivity (Wildman–Crippen MR) is 112 cm³/mol. The second-order valence-electron chi connectivity index (χ2n) is 7.22. The maximum absolute atomic E-state index is 12.8. The van der Waals surface area contributed by atoms with Crippen molar-refractivity contribution in [1.82, 2.24) is 10.2 Å². The van der Waals surface area contributed by atoms with Crippen molar-refractivity contribution in [3.05, 3.63) is 22.7 Å². The van der Waals surface area contributed by atoms with Gasteiger partial charge in [0, 0.05) is 32.7 Å². The zero-order chi connectivity index (χ0) is 21.4. The zero-order valence-corrected chi connectivity index (χ0v) is 17.7. The van der Waals surface area contributed by atoms with Gasteiger partial charge in [-0.15, -0.1) is 0 Å². The molecule has 0 saturated carbocycles. The van der Waals surface area contributed by atoms with Gasteiger partial charge in [-0.3, -0.25) is 9.59 Å². The maximum atomic E-state index is 12.8. The highest BCUT2D eigenvalue weighted by atomic mass is 35.5. The molecule has 1 aromatic carbocycles. The number of halogens is 1. The van der Waals surface area contributed by atoms with Crippen LogP contribution in [0.1, 0.15) is 42.5 Å². The topological polar surface area (TPSA) is 114 Å². The number of nitrogens with zero attached hydrogens (tertiary/aromatic N) is 1. The average molecular weight is 428 g/mol. The minimum Gasteiger partial charge on any atom is -0.496 e. The molecule has 0 radical (unpaired) electrons. The van der Waals surface area contributed by atoms with Gasteiger partial charge < -0.3 is 30.5 Å². The third-order valence-corrected chi connectivity index (χ3v) is 5.52. The third kappa shape index (κ3) is 6.76. The number of carboxylic acids is 1. The van der Waals surface area contributed by atoms with Crippen LogP contribution >= 0.6 is 11.6 Å². The summed E-state index contributed by atoms with van der Waals surface area (Å²) in [4.78, 5) is 25.6. The Kier molecular flexibility index (Phi) is 9.00. The van der Waals surface area contributed by atoms with E-state index in [1.54, 1.807) is 7.11 Å². The highest BCUT2D eigenvalue weighted by Crippen LogP contribution is 2.29. The molecule has 8 nitrogen and oxygen atoms in total. The Labute approximate surface area is 176 Å². The lowest BCUT2D eigenvalue weighted by molar-refractivity contribution is -0.137. The lowest BCUT2D eigenvalue weighted by Crippen LogP contribution is -2.54. The molecule has 0 aromatic heterocycles. The molecular formula is C20H30ClN3O5. The number of anilines is 1. The molecule has 1 amide bonds. The van der Waals surface area contributed by atoms with Crippen LogP contribution < -0.4 is 15.8 Å². The van der Waals surface area contributed by atoms with Gasteiger partial charge >= 0.3 is 5.97 Å². The molecule has 0 bridgehead atoms. The van der Waals surface area contributed by atoms with E-state index in [4.69, 9.17) is 31.9 Å². The van der Waals surface area contributed by atoms with Crippen molar-refractivity contribution in [2.24, 2.45) is 0 Å². The summed E-state index contributed by atoms with van der Waals surface area (Å²) in [5.74, 6) is -0.657. The number of piperidine rings is 1. The third-order valence-electron chi connectivity index (χ3n) is 5.19. The number of unbranched alkanes of at least 4 members (excludes halogenated alkanes) is 2. The SMILES string of the molecule is COc1cc(N)c(Cl)cc1C(=O)N[C@@H]1CCN(CCCCCC(=O)O)C[C@H]1OC. The van der Waals surface area contributed by atoms with E-state index in [1.807, 2.05) is 0 Å². The summed E-state index contributed by atoms with van der Waals surface area (Å²) in [6, 6.07) is 2.92. The van der Waals surface area contributed by atoms with E-state index in [0.717, 1.165) is 32.4 Å². The molecule has 1 heterocycles. The molecule has 0 unspecified atom stereocenters.